The molecule has 1 saturated heterocycles. The van der Waals surface area contributed by atoms with Gasteiger partial charge in [-0.05, 0) is 31.0 Å². The van der Waals surface area contributed by atoms with Gasteiger partial charge in [-0.2, -0.15) is 5.26 Å². The molecular formula is C14H13N3O3. The van der Waals surface area contributed by atoms with Crippen molar-refractivity contribution in [2.45, 2.75) is 18.9 Å². The normalized spacial score (nSPS) is 19.6. The molecule has 0 saturated carbocycles. The van der Waals surface area contributed by atoms with E-state index in [-0.39, 0.29) is 18.6 Å². The standard InChI is InChI=1S/C14H13N3O3/c15-5-7-20-14(19)9-3-4-11-10(8-9)16-13(18)12-2-1-6-17(11)12/h3-4,8,12H,1-2,6-7H2,(H,16,18)/t12-/m1/s1. The molecular weight excluding hydrogens is 258 g/mol. The molecule has 2 heterocycles. The number of ether oxygens (including phenoxy) is 1. The maximum absolute atomic E-state index is 12.0. The zero-order chi connectivity index (χ0) is 14.1. The Kier molecular flexibility index (Phi) is 3.03. The summed E-state index contributed by atoms with van der Waals surface area (Å²) in [4.78, 5) is 25.7. The fourth-order valence-electron chi connectivity index (χ4n) is 2.74. The van der Waals surface area contributed by atoms with Gasteiger partial charge in [-0.3, -0.25) is 4.79 Å². The highest BCUT2D eigenvalue weighted by Gasteiger charge is 2.36. The highest BCUT2D eigenvalue weighted by atomic mass is 16.5. The Balaban J connectivity index is 1.90. The Morgan fingerprint density at radius 2 is 2.40 bits per heavy atom. The topological polar surface area (TPSA) is 82.4 Å². The smallest absolute Gasteiger partial charge is 0.339 e. The van der Waals surface area contributed by atoms with Gasteiger partial charge in [0.1, 0.15) is 12.1 Å². The van der Waals surface area contributed by atoms with Crippen LogP contribution >= 0.6 is 0 Å². The van der Waals surface area contributed by atoms with Gasteiger partial charge < -0.3 is 15.0 Å². The number of nitrogens with zero attached hydrogens (tertiary/aromatic N) is 2. The summed E-state index contributed by atoms with van der Waals surface area (Å²) >= 11 is 0. The van der Waals surface area contributed by atoms with Crippen molar-refractivity contribution in [1.29, 1.82) is 5.26 Å². The number of rotatable bonds is 2. The van der Waals surface area contributed by atoms with Gasteiger partial charge in [0, 0.05) is 6.54 Å². The number of anilines is 2. The zero-order valence-corrected chi connectivity index (χ0v) is 10.8. The van der Waals surface area contributed by atoms with Gasteiger partial charge in [0.15, 0.2) is 6.61 Å². The first kappa shape index (κ1) is 12.5. The van der Waals surface area contributed by atoms with E-state index >= 15 is 0 Å². The van der Waals surface area contributed by atoms with E-state index < -0.39 is 5.97 Å². The van der Waals surface area contributed by atoms with Crippen LogP contribution in [0.3, 0.4) is 0 Å². The Labute approximate surface area is 115 Å². The summed E-state index contributed by atoms with van der Waals surface area (Å²) in [6.07, 6.45) is 1.85. The molecule has 20 heavy (non-hydrogen) atoms. The number of fused-ring (bicyclic) bond motifs is 3. The first-order valence-electron chi connectivity index (χ1n) is 6.46. The van der Waals surface area contributed by atoms with Crippen LogP contribution in [-0.2, 0) is 9.53 Å². The Hall–Kier alpha value is -2.55. The molecule has 1 aromatic carbocycles. The maximum Gasteiger partial charge on any atom is 0.339 e. The molecule has 0 aromatic heterocycles. The Morgan fingerprint density at radius 1 is 1.55 bits per heavy atom. The average Bonchev–Trinajstić information content (AvgIpc) is 2.94. The minimum atomic E-state index is -0.563. The predicted molar refractivity (Wildman–Crippen MR) is 71.3 cm³/mol. The monoisotopic (exact) mass is 271 g/mol. The molecule has 1 N–H and O–H groups in total. The third-order valence-corrected chi connectivity index (χ3v) is 3.62. The molecule has 0 radical (unpaired) electrons. The fraction of sp³-hybridized carbons (Fsp3) is 0.357. The minimum absolute atomic E-state index is 0.0301. The summed E-state index contributed by atoms with van der Waals surface area (Å²) in [6.45, 7) is 0.569. The van der Waals surface area contributed by atoms with Gasteiger partial charge in [0.25, 0.3) is 0 Å². The molecule has 0 aliphatic carbocycles. The van der Waals surface area contributed by atoms with E-state index in [0.717, 1.165) is 25.1 Å². The van der Waals surface area contributed by atoms with Gasteiger partial charge in [0.2, 0.25) is 5.91 Å². The van der Waals surface area contributed by atoms with Crippen LogP contribution in [0.5, 0.6) is 0 Å². The second-order valence-electron chi connectivity index (χ2n) is 4.81. The largest absolute Gasteiger partial charge is 0.447 e. The van der Waals surface area contributed by atoms with Gasteiger partial charge in [-0.15, -0.1) is 0 Å². The van der Waals surface area contributed by atoms with E-state index in [0.29, 0.717) is 11.3 Å². The first-order valence-corrected chi connectivity index (χ1v) is 6.46. The molecule has 0 bridgehead atoms. The van der Waals surface area contributed by atoms with Gasteiger partial charge in [-0.25, -0.2) is 4.79 Å². The molecule has 2 aliphatic rings. The number of esters is 1. The predicted octanol–water partition coefficient (Wildman–Crippen LogP) is 1.29. The molecule has 1 atom stereocenters. The summed E-state index contributed by atoms with van der Waals surface area (Å²) in [5, 5.41) is 11.2. The average molecular weight is 271 g/mol. The van der Waals surface area contributed by atoms with Crippen LogP contribution in [0.2, 0.25) is 0 Å². The summed E-state index contributed by atoms with van der Waals surface area (Å²) in [6, 6.07) is 6.72. The van der Waals surface area contributed by atoms with E-state index in [9.17, 15) is 9.59 Å². The Morgan fingerprint density at radius 3 is 3.20 bits per heavy atom. The third kappa shape index (κ3) is 1.97. The van der Waals surface area contributed by atoms with Crippen LogP contribution in [0.25, 0.3) is 0 Å². The molecule has 1 amide bonds. The van der Waals surface area contributed by atoms with Gasteiger partial charge in [0.05, 0.1) is 16.9 Å². The van der Waals surface area contributed by atoms with Crippen molar-refractivity contribution in [3.8, 4) is 6.07 Å². The van der Waals surface area contributed by atoms with Crippen LogP contribution in [0, 0.1) is 11.3 Å². The van der Waals surface area contributed by atoms with Crippen molar-refractivity contribution in [3.63, 3.8) is 0 Å². The number of hydrogen-bond donors (Lipinski definition) is 1. The van der Waals surface area contributed by atoms with E-state index in [1.807, 2.05) is 6.07 Å². The summed E-state index contributed by atoms with van der Waals surface area (Å²) in [7, 11) is 0. The van der Waals surface area contributed by atoms with Crippen molar-refractivity contribution in [2.75, 3.05) is 23.4 Å². The highest BCUT2D eigenvalue weighted by Crippen LogP contribution is 2.37. The lowest BCUT2D eigenvalue weighted by molar-refractivity contribution is -0.117. The number of nitriles is 1. The van der Waals surface area contributed by atoms with Crippen LogP contribution in [0.4, 0.5) is 11.4 Å². The van der Waals surface area contributed by atoms with Crippen LogP contribution in [0.1, 0.15) is 23.2 Å². The van der Waals surface area contributed by atoms with E-state index in [2.05, 4.69) is 10.2 Å². The highest BCUT2D eigenvalue weighted by molar-refractivity contribution is 6.05. The fourth-order valence-corrected chi connectivity index (χ4v) is 2.74. The second-order valence-corrected chi connectivity index (χ2v) is 4.81. The van der Waals surface area contributed by atoms with Crippen molar-refractivity contribution in [2.24, 2.45) is 0 Å². The van der Waals surface area contributed by atoms with Crippen molar-refractivity contribution < 1.29 is 14.3 Å². The quantitative estimate of drug-likeness (QED) is 0.819. The van der Waals surface area contributed by atoms with Crippen LogP contribution in [-0.4, -0.2) is 31.1 Å². The molecule has 3 rings (SSSR count). The molecule has 0 spiro atoms. The van der Waals surface area contributed by atoms with Crippen LogP contribution in [0.15, 0.2) is 18.2 Å². The lowest BCUT2D eigenvalue weighted by Gasteiger charge is -2.33. The summed E-state index contributed by atoms with van der Waals surface area (Å²) in [5.74, 6) is -0.593. The third-order valence-electron chi connectivity index (χ3n) is 3.62. The number of benzene rings is 1. The summed E-state index contributed by atoms with van der Waals surface area (Å²) < 4.78 is 4.76. The van der Waals surface area contributed by atoms with E-state index in [4.69, 9.17) is 10.00 Å². The number of nitrogens with one attached hydrogen (secondary N) is 1. The molecule has 1 fully saturated rings. The van der Waals surface area contributed by atoms with E-state index in [1.165, 1.54) is 0 Å². The van der Waals surface area contributed by atoms with E-state index in [1.54, 1.807) is 18.2 Å². The lowest BCUT2D eigenvalue weighted by Crippen LogP contribution is -2.43. The SMILES string of the molecule is N#CCOC(=O)c1ccc2c(c1)NC(=O)[C@H]1CCCN21. The number of amides is 1. The lowest BCUT2D eigenvalue weighted by atomic mass is 10.1. The maximum atomic E-state index is 12.0. The minimum Gasteiger partial charge on any atom is -0.447 e. The van der Waals surface area contributed by atoms with Crippen molar-refractivity contribution >= 4 is 23.3 Å². The summed E-state index contributed by atoms with van der Waals surface area (Å²) in [5.41, 5.74) is 1.89. The van der Waals surface area contributed by atoms with Gasteiger partial charge >= 0.3 is 5.97 Å². The molecule has 0 unspecified atom stereocenters. The molecule has 6 nitrogen and oxygen atoms in total. The van der Waals surface area contributed by atoms with Crippen molar-refractivity contribution in [3.05, 3.63) is 23.8 Å². The van der Waals surface area contributed by atoms with Gasteiger partial charge in [-0.1, -0.05) is 0 Å². The Bertz CT molecular complexity index is 621. The number of carbonyl (C=O) groups excluding carboxylic acids is 2. The molecule has 102 valence electrons. The first-order chi connectivity index (χ1) is 9.70. The van der Waals surface area contributed by atoms with Crippen LogP contribution < -0.4 is 10.2 Å². The number of hydrogen-bond acceptors (Lipinski definition) is 5. The zero-order valence-electron chi connectivity index (χ0n) is 10.8. The van der Waals surface area contributed by atoms with Crippen molar-refractivity contribution in [1.82, 2.24) is 0 Å². The molecule has 1 aromatic rings. The second kappa shape index (κ2) is 4.85. The molecule has 2 aliphatic heterocycles. The molecule has 6 heteroatoms. The number of carbonyl (C=O) groups is 2.